The number of hydrogen-bond donors (Lipinski definition) is 1. The minimum Gasteiger partial charge on any atom is -0.452 e. The summed E-state index contributed by atoms with van der Waals surface area (Å²) in [6, 6.07) is 9.50. The number of carbonyl (C=O) groups excluding carboxylic acids is 2. The number of benzene rings is 1. The molecule has 1 N–H and O–H groups in total. The first-order valence-corrected chi connectivity index (χ1v) is 8.25. The van der Waals surface area contributed by atoms with Gasteiger partial charge in [0.1, 0.15) is 0 Å². The Bertz CT molecular complexity index is 673. The predicted molar refractivity (Wildman–Crippen MR) is 93.5 cm³/mol. The highest BCUT2D eigenvalue weighted by Crippen LogP contribution is 2.17. The van der Waals surface area contributed by atoms with Gasteiger partial charge in [-0.1, -0.05) is 26.0 Å². The minimum absolute atomic E-state index is 0.307. The van der Waals surface area contributed by atoms with Crippen molar-refractivity contribution in [3.63, 3.8) is 0 Å². The van der Waals surface area contributed by atoms with Crippen LogP contribution in [0.2, 0.25) is 0 Å². The van der Waals surface area contributed by atoms with E-state index in [1.165, 1.54) is 11.6 Å². The number of carbonyl (C=O) groups is 2. The first-order chi connectivity index (χ1) is 11.0. The molecule has 0 fully saturated rings. The van der Waals surface area contributed by atoms with Crippen LogP contribution in [-0.4, -0.2) is 18.5 Å². The highest BCUT2D eigenvalue weighted by molar-refractivity contribution is 7.08. The van der Waals surface area contributed by atoms with Crippen LogP contribution in [0.5, 0.6) is 0 Å². The predicted octanol–water partition coefficient (Wildman–Crippen LogP) is 4.07. The summed E-state index contributed by atoms with van der Waals surface area (Å²) in [5, 5.41) is 6.53. The molecule has 0 aliphatic rings. The standard InChI is InChI=1S/C18H19NO3S/c1-13(2)15-4-6-16(7-5-15)19-17(20)11-22-18(21)8-3-14-9-10-23-12-14/h3-10,12-13H,11H2,1-2H3,(H,19,20)/b8-3+. The second-order valence-electron chi connectivity index (χ2n) is 5.32. The van der Waals surface area contributed by atoms with Crippen LogP contribution in [0.3, 0.4) is 0 Å². The van der Waals surface area contributed by atoms with E-state index in [0.29, 0.717) is 11.6 Å². The van der Waals surface area contributed by atoms with E-state index in [4.69, 9.17) is 4.74 Å². The molecule has 2 aromatic rings. The molecule has 0 spiro atoms. The molecule has 0 saturated heterocycles. The lowest BCUT2D eigenvalue weighted by Crippen LogP contribution is -2.20. The van der Waals surface area contributed by atoms with Crippen molar-refractivity contribution >= 4 is 35.0 Å². The van der Waals surface area contributed by atoms with E-state index in [1.54, 1.807) is 17.4 Å². The summed E-state index contributed by atoms with van der Waals surface area (Å²) in [4.78, 5) is 23.3. The van der Waals surface area contributed by atoms with Crippen LogP contribution in [-0.2, 0) is 14.3 Å². The number of ether oxygens (including phenoxy) is 1. The maximum absolute atomic E-state index is 11.8. The van der Waals surface area contributed by atoms with Gasteiger partial charge in [0.2, 0.25) is 0 Å². The lowest BCUT2D eigenvalue weighted by atomic mass is 10.0. The summed E-state index contributed by atoms with van der Waals surface area (Å²) in [5.41, 5.74) is 2.82. The van der Waals surface area contributed by atoms with Crippen molar-refractivity contribution in [1.29, 1.82) is 0 Å². The number of rotatable bonds is 6. The van der Waals surface area contributed by atoms with Gasteiger partial charge in [-0.25, -0.2) is 4.79 Å². The van der Waals surface area contributed by atoms with E-state index in [9.17, 15) is 9.59 Å². The van der Waals surface area contributed by atoms with Gasteiger partial charge < -0.3 is 10.1 Å². The summed E-state index contributed by atoms with van der Waals surface area (Å²) in [5.74, 6) is -0.461. The second-order valence-corrected chi connectivity index (χ2v) is 6.10. The number of anilines is 1. The molecule has 1 heterocycles. The van der Waals surface area contributed by atoms with Crippen LogP contribution < -0.4 is 5.32 Å². The summed E-state index contributed by atoms with van der Waals surface area (Å²) < 4.78 is 4.90. The van der Waals surface area contributed by atoms with Crippen molar-refractivity contribution < 1.29 is 14.3 Å². The van der Waals surface area contributed by atoms with Gasteiger partial charge in [-0.15, -0.1) is 0 Å². The monoisotopic (exact) mass is 329 g/mol. The molecule has 0 radical (unpaired) electrons. The molecular formula is C18H19NO3S. The third kappa shape index (κ3) is 5.71. The summed E-state index contributed by atoms with van der Waals surface area (Å²) >= 11 is 1.55. The Morgan fingerprint density at radius 2 is 1.96 bits per heavy atom. The molecule has 5 heteroatoms. The Balaban J connectivity index is 1.77. The molecule has 0 atom stereocenters. The van der Waals surface area contributed by atoms with Crippen molar-refractivity contribution in [3.05, 3.63) is 58.3 Å². The van der Waals surface area contributed by atoms with Crippen LogP contribution >= 0.6 is 11.3 Å². The first kappa shape index (κ1) is 17.0. The number of amides is 1. The van der Waals surface area contributed by atoms with E-state index >= 15 is 0 Å². The topological polar surface area (TPSA) is 55.4 Å². The van der Waals surface area contributed by atoms with Crippen molar-refractivity contribution in [2.45, 2.75) is 19.8 Å². The van der Waals surface area contributed by atoms with Gasteiger partial charge in [0.25, 0.3) is 5.91 Å². The lowest BCUT2D eigenvalue weighted by molar-refractivity contribution is -0.142. The fourth-order valence-corrected chi connectivity index (χ4v) is 2.50. The van der Waals surface area contributed by atoms with Crippen molar-refractivity contribution in [3.8, 4) is 0 Å². The molecule has 0 saturated carbocycles. The lowest BCUT2D eigenvalue weighted by Gasteiger charge is -2.08. The van der Waals surface area contributed by atoms with Crippen LogP contribution in [0.25, 0.3) is 6.08 Å². The van der Waals surface area contributed by atoms with E-state index in [0.717, 1.165) is 5.56 Å². The molecule has 2 rings (SSSR count). The molecule has 120 valence electrons. The molecule has 0 unspecified atom stereocenters. The molecular weight excluding hydrogens is 310 g/mol. The Morgan fingerprint density at radius 3 is 2.57 bits per heavy atom. The van der Waals surface area contributed by atoms with E-state index < -0.39 is 5.97 Å². The van der Waals surface area contributed by atoms with Crippen LogP contribution in [0, 0.1) is 0 Å². The molecule has 1 aromatic heterocycles. The largest absolute Gasteiger partial charge is 0.452 e. The summed E-state index contributed by atoms with van der Waals surface area (Å²) in [7, 11) is 0. The number of nitrogens with one attached hydrogen (secondary N) is 1. The molecule has 1 aromatic carbocycles. The normalized spacial score (nSPS) is 10.9. The maximum atomic E-state index is 11.8. The van der Waals surface area contributed by atoms with Gasteiger partial charge >= 0.3 is 5.97 Å². The van der Waals surface area contributed by atoms with E-state index in [-0.39, 0.29) is 12.5 Å². The summed E-state index contributed by atoms with van der Waals surface area (Å²) in [6.07, 6.45) is 2.97. The van der Waals surface area contributed by atoms with Crippen LogP contribution in [0.15, 0.2) is 47.2 Å². The SMILES string of the molecule is CC(C)c1ccc(NC(=O)COC(=O)/C=C/c2ccsc2)cc1. The molecule has 1 amide bonds. The first-order valence-electron chi connectivity index (χ1n) is 7.31. The Hall–Kier alpha value is -2.40. The van der Waals surface area contributed by atoms with Crippen molar-refractivity contribution in [2.75, 3.05) is 11.9 Å². The van der Waals surface area contributed by atoms with Crippen LogP contribution in [0.4, 0.5) is 5.69 Å². The van der Waals surface area contributed by atoms with Gasteiger partial charge in [-0.3, -0.25) is 4.79 Å². The van der Waals surface area contributed by atoms with Gasteiger partial charge in [0.15, 0.2) is 6.61 Å². The van der Waals surface area contributed by atoms with E-state index in [1.807, 2.05) is 41.1 Å². The minimum atomic E-state index is -0.540. The highest BCUT2D eigenvalue weighted by atomic mass is 32.1. The Labute approximate surface area is 139 Å². The Morgan fingerprint density at radius 1 is 1.22 bits per heavy atom. The molecule has 0 bridgehead atoms. The zero-order valence-corrected chi connectivity index (χ0v) is 13.9. The molecule has 0 aliphatic heterocycles. The third-order valence-electron chi connectivity index (χ3n) is 3.16. The van der Waals surface area contributed by atoms with E-state index in [2.05, 4.69) is 19.2 Å². The summed E-state index contributed by atoms with van der Waals surface area (Å²) in [6.45, 7) is 3.91. The zero-order chi connectivity index (χ0) is 16.7. The van der Waals surface area contributed by atoms with Crippen LogP contribution in [0.1, 0.15) is 30.9 Å². The van der Waals surface area contributed by atoms with Gasteiger partial charge in [0, 0.05) is 11.8 Å². The molecule has 0 aliphatic carbocycles. The fourth-order valence-electron chi connectivity index (χ4n) is 1.87. The number of hydrogen-bond acceptors (Lipinski definition) is 4. The molecule has 23 heavy (non-hydrogen) atoms. The van der Waals surface area contributed by atoms with Gasteiger partial charge in [-0.2, -0.15) is 11.3 Å². The maximum Gasteiger partial charge on any atom is 0.331 e. The van der Waals surface area contributed by atoms with Gasteiger partial charge in [0.05, 0.1) is 0 Å². The smallest absolute Gasteiger partial charge is 0.331 e. The molecule has 4 nitrogen and oxygen atoms in total. The number of thiophene rings is 1. The van der Waals surface area contributed by atoms with Crippen molar-refractivity contribution in [2.24, 2.45) is 0 Å². The van der Waals surface area contributed by atoms with Gasteiger partial charge in [-0.05, 0) is 52.1 Å². The average Bonchev–Trinajstić information content (AvgIpc) is 3.05. The zero-order valence-electron chi connectivity index (χ0n) is 13.1. The highest BCUT2D eigenvalue weighted by Gasteiger charge is 2.06. The quantitative estimate of drug-likeness (QED) is 0.642. The second kappa shape index (κ2) is 8.29. The fraction of sp³-hybridized carbons (Fsp3) is 0.222. The van der Waals surface area contributed by atoms with Crippen molar-refractivity contribution in [1.82, 2.24) is 0 Å². The Kier molecular flexibility index (Phi) is 6.11. The third-order valence-corrected chi connectivity index (χ3v) is 3.86. The average molecular weight is 329 g/mol. The number of esters is 1.